The van der Waals surface area contributed by atoms with Crippen molar-refractivity contribution in [1.29, 1.82) is 0 Å². The molecule has 1 atom stereocenters. The first kappa shape index (κ1) is 13.8. The summed E-state index contributed by atoms with van der Waals surface area (Å²) in [5.74, 6) is 0.651. The van der Waals surface area contributed by atoms with Crippen LogP contribution >= 0.6 is 15.9 Å². The van der Waals surface area contributed by atoms with Gasteiger partial charge in [0, 0.05) is 5.33 Å². The van der Waals surface area contributed by atoms with E-state index in [2.05, 4.69) is 67.9 Å². The lowest BCUT2D eigenvalue weighted by molar-refractivity contribution is 0.506. The highest BCUT2D eigenvalue weighted by molar-refractivity contribution is 9.09. The van der Waals surface area contributed by atoms with Gasteiger partial charge in [0.2, 0.25) is 0 Å². The van der Waals surface area contributed by atoms with Gasteiger partial charge in [0.1, 0.15) is 0 Å². The maximum absolute atomic E-state index is 3.50. The molecule has 1 aromatic rings. The third-order valence-electron chi connectivity index (χ3n) is 3.69. The van der Waals surface area contributed by atoms with Gasteiger partial charge in [-0.25, -0.2) is 0 Å². The summed E-state index contributed by atoms with van der Waals surface area (Å²) in [4.78, 5) is 0. The molecule has 0 spiro atoms. The van der Waals surface area contributed by atoms with Crippen molar-refractivity contribution >= 4 is 15.9 Å². The van der Waals surface area contributed by atoms with Crippen LogP contribution in [-0.4, -0.2) is 5.33 Å². The smallest absolute Gasteiger partial charge is 0.00370 e. The van der Waals surface area contributed by atoms with Crippen LogP contribution < -0.4 is 0 Å². The Morgan fingerprint density at radius 1 is 1.19 bits per heavy atom. The summed E-state index contributed by atoms with van der Waals surface area (Å²) in [5, 5.41) is 1.08. The van der Waals surface area contributed by atoms with Crippen LogP contribution in [-0.2, 0) is 5.41 Å². The lowest BCUT2D eigenvalue weighted by atomic mass is 9.81. The van der Waals surface area contributed by atoms with Gasteiger partial charge in [0.15, 0.2) is 0 Å². The molecule has 1 unspecified atom stereocenters. The molecule has 0 heterocycles. The molecule has 0 N–H and O–H groups in total. The first-order valence-corrected chi connectivity index (χ1v) is 7.30. The van der Waals surface area contributed by atoms with E-state index in [1.54, 1.807) is 0 Å². The predicted octanol–water partition coefficient (Wildman–Crippen LogP) is 5.26. The van der Waals surface area contributed by atoms with Crippen molar-refractivity contribution in [2.24, 2.45) is 0 Å². The molecule has 0 aliphatic heterocycles. The third-order valence-corrected chi connectivity index (χ3v) is 4.15. The summed E-state index contributed by atoms with van der Waals surface area (Å²) < 4.78 is 0. The van der Waals surface area contributed by atoms with Gasteiger partial charge in [0.25, 0.3) is 0 Å². The highest BCUT2D eigenvalue weighted by Gasteiger charge is 2.17. The average molecular weight is 283 g/mol. The maximum Gasteiger partial charge on any atom is 0.00370 e. The van der Waals surface area contributed by atoms with Gasteiger partial charge in [0.05, 0.1) is 0 Å². The minimum absolute atomic E-state index is 0.303. The van der Waals surface area contributed by atoms with Gasteiger partial charge in [-0.2, -0.15) is 0 Å². The minimum atomic E-state index is 0.303. The van der Waals surface area contributed by atoms with Crippen molar-refractivity contribution < 1.29 is 0 Å². The SMILES string of the molecule is CCC(C)(C)c1ccc(C(C)CCBr)cc1. The minimum Gasteiger partial charge on any atom is -0.0928 e. The van der Waals surface area contributed by atoms with E-state index in [4.69, 9.17) is 0 Å². The van der Waals surface area contributed by atoms with Crippen molar-refractivity contribution in [2.45, 2.75) is 51.9 Å². The molecule has 16 heavy (non-hydrogen) atoms. The topological polar surface area (TPSA) is 0 Å². The number of halogens is 1. The Bertz CT molecular complexity index is 311. The van der Waals surface area contributed by atoms with Gasteiger partial charge in [-0.1, -0.05) is 67.9 Å². The Morgan fingerprint density at radius 2 is 1.75 bits per heavy atom. The molecule has 0 saturated heterocycles. The molecular formula is C15H23Br. The molecule has 0 aromatic heterocycles. The summed E-state index contributed by atoms with van der Waals surface area (Å²) in [6, 6.07) is 9.17. The Kier molecular flexibility index (Phi) is 5.04. The largest absolute Gasteiger partial charge is 0.0928 e. The predicted molar refractivity (Wildman–Crippen MR) is 76.6 cm³/mol. The fourth-order valence-electron chi connectivity index (χ4n) is 1.80. The second-order valence-corrected chi connectivity index (χ2v) is 6.03. The van der Waals surface area contributed by atoms with Gasteiger partial charge >= 0.3 is 0 Å². The Morgan fingerprint density at radius 3 is 2.19 bits per heavy atom. The third kappa shape index (κ3) is 3.35. The van der Waals surface area contributed by atoms with E-state index < -0.39 is 0 Å². The Labute approximate surface area is 109 Å². The van der Waals surface area contributed by atoms with Gasteiger partial charge in [-0.3, -0.25) is 0 Å². The second kappa shape index (κ2) is 5.86. The van der Waals surface area contributed by atoms with Crippen LogP contribution in [0.15, 0.2) is 24.3 Å². The van der Waals surface area contributed by atoms with Crippen molar-refractivity contribution in [2.75, 3.05) is 5.33 Å². The van der Waals surface area contributed by atoms with E-state index in [-0.39, 0.29) is 0 Å². The van der Waals surface area contributed by atoms with E-state index in [1.807, 2.05) is 0 Å². The highest BCUT2D eigenvalue weighted by atomic mass is 79.9. The lowest BCUT2D eigenvalue weighted by Crippen LogP contribution is -2.15. The molecule has 0 radical (unpaired) electrons. The van der Waals surface area contributed by atoms with Crippen molar-refractivity contribution in [3.63, 3.8) is 0 Å². The average Bonchev–Trinajstić information content (AvgIpc) is 2.29. The Balaban J connectivity index is 2.83. The number of hydrogen-bond acceptors (Lipinski definition) is 0. The molecular weight excluding hydrogens is 260 g/mol. The zero-order valence-electron chi connectivity index (χ0n) is 10.9. The van der Waals surface area contributed by atoms with Gasteiger partial charge in [-0.05, 0) is 35.3 Å². The zero-order chi connectivity index (χ0) is 12.2. The fourth-order valence-corrected chi connectivity index (χ4v) is 2.48. The van der Waals surface area contributed by atoms with Crippen molar-refractivity contribution in [1.82, 2.24) is 0 Å². The fraction of sp³-hybridized carbons (Fsp3) is 0.600. The molecule has 0 aliphatic carbocycles. The molecule has 0 amide bonds. The molecule has 0 nitrogen and oxygen atoms in total. The van der Waals surface area contributed by atoms with Crippen LogP contribution in [0.3, 0.4) is 0 Å². The molecule has 0 bridgehead atoms. The van der Waals surface area contributed by atoms with E-state index in [9.17, 15) is 0 Å². The number of rotatable bonds is 5. The summed E-state index contributed by atoms with van der Waals surface area (Å²) in [7, 11) is 0. The molecule has 0 fully saturated rings. The lowest BCUT2D eigenvalue weighted by Gasteiger charge is -2.24. The summed E-state index contributed by atoms with van der Waals surface area (Å²) in [6.45, 7) is 9.16. The maximum atomic E-state index is 3.50. The van der Waals surface area contributed by atoms with Crippen LogP contribution in [0.5, 0.6) is 0 Å². The van der Waals surface area contributed by atoms with E-state index in [1.165, 1.54) is 24.0 Å². The Hall–Kier alpha value is -0.300. The molecule has 0 aliphatic rings. The first-order chi connectivity index (χ1) is 7.51. The zero-order valence-corrected chi connectivity index (χ0v) is 12.5. The van der Waals surface area contributed by atoms with Gasteiger partial charge in [-0.15, -0.1) is 0 Å². The molecule has 1 aromatic carbocycles. The van der Waals surface area contributed by atoms with Gasteiger partial charge < -0.3 is 0 Å². The quantitative estimate of drug-likeness (QED) is 0.646. The van der Waals surface area contributed by atoms with Crippen molar-refractivity contribution in [3.05, 3.63) is 35.4 Å². The number of hydrogen-bond donors (Lipinski definition) is 0. The van der Waals surface area contributed by atoms with E-state index in [0.29, 0.717) is 11.3 Å². The van der Waals surface area contributed by atoms with Crippen LogP contribution in [0.25, 0.3) is 0 Å². The second-order valence-electron chi connectivity index (χ2n) is 5.24. The molecule has 1 rings (SSSR count). The number of benzene rings is 1. The van der Waals surface area contributed by atoms with Crippen molar-refractivity contribution in [3.8, 4) is 0 Å². The number of alkyl halides is 1. The van der Waals surface area contributed by atoms with Crippen LogP contribution in [0.2, 0.25) is 0 Å². The normalized spacial score (nSPS) is 13.8. The summed E-state index contributed by atoms with van der Waals surface area (Å²) in [5.41, 5.74) is 3.21. The standard InChI is InChI=1S/C15H23Br/c1-5-15(3,4)14-8-6-13(7-9-14)12(2)10-11-16/h6-9,12H,5,10-11H2,1-4H3. The van der Waals surface area contributed by atoms with E-state index >= 15 is 0 Å². The molecule has 90 valence electrons. The van der Waals surface area contributed by atoms with Crippen LogP contribution in [0.1, 0.15) is 57.6 Å². The van der Waals surface area contributed by atoms with Crippen LogP contribution in [0, 0.1) is 0 Å². The summed E-state index contributed by atoms with van der Waals surface area (Å²) in [6.07, 6.45) is 2.39. The van der Waals surface area contributed by atoms with Crippen LogP contribution in [0.4, 0.5) is 0 Å². The monoisotopic (exact) mass is 282 g/mol. The first-order valence-electron chi connectivity index (χ1n) is 6.17. The molecule has 0 saturated carbocycles. The molecule has 1 heteroatoms. The highest BCUT2D eigenvalue weighted by Crippen LogP contribution is 2.28. The van der Waals surface area contributed by atoms with E-state index in [0.717, 1.165) is 5.33 Å². The summed E-state index contributed by atoms with van der Waals surface area (Å²) >= 11 is 3.50.